The Kier molecular flexibility index (Phi) is 8.01. The standard InChI is InChI=1S/C25H29ClN4O5/c1-14(2)22(23(32)27-19-11-6-15(3)12-18(19)26)30-24(33)21(28-25(30)34)16-7-9-17(10-8-16)35-13-20(31)29(4)5/h6-12,14,21-22H,13H2,1-5H3,(H,27,32)(H,28,34)/t21-,22+/m1/s1. The number of halogens is 1. The number of nitrogens with zero attached hydrogens (tertiary/aromatic N) is 2. The maximum atomic E-state index is 13.3. The lowest BCUT2D eigenvalue weighted by Crippen LogP contribution is -2.50. The van der Waals surface area contributed by atoms with Crippen LogP contribution in [-0.4, -0.2) is 60.3 Å². The molecule has 1 heterocycles. The van der Waals surface area contributed by atoms with Crippen molar-refractivity contribution in [2.75, 3.05) is 26.0 Å². The van der Waals surface area contributed by atoms with Crippen molar-refractivity contribution in [3.05, 3.63) is 58.6 Å². The summed E-state index contributed by atoms with van der Waals surface area (Å²) in [4.78, 5) is 53.3. The Labute approximate surface area is 209 Å². The van der Waals surface area contributed by atoms with Gasteiger partial charge < -0.3 is 20.3 Å². The van der Waals surface area contributed by atoms with Crippen LogP contribution in [0.15, 0.2) is 42.5 Å². The van der Waals surface area contributed by atoms with Crippen LogP contribution in [0.1, 0.15) is 31.0 Å². The van der Waals surface area contributed by atoms with Crippen LogP contribution in [0.2, 0.25) is 5.02 Å². The second-order valence-electron chi connectivity index (χ2n) is 8.90. The van der Waals surface area contributed by atoms with Crippen LogP contribution >= 0.6 is 11.6 Å². The van der Waals surface area contributed by atoms with Crippen LogP contribution in [0.3, 0.4) is 0 Å². The first-order valence-corrected chi connectivity index (χ1v) is 11.5. The number of aryl methyl sites for hydroxylation is 1. The molecule has 3 rings (SSSR count). The number of anilines is 1. The Morgan fingerprint density at radius 3 is 2.37 bits per heavy atom. The predicted octanol–water partition coefficient (Wildman–Crippen LogP) is 3.37. The van der Waals surface area contributed by atoms with Gasteiger partial charge in [-0.1, -0.05) is 43.6 Å². The van der Waals surface area contributed by atoms with Crippen LogP contribution in [0, 0.1) is 12.8 Å². The van der Waals surface area contributed by atoms with E-state index < -0.39 is 29.9 Å². The van der Waals surface area contributed by atoms with E-state index in [2.05, 4.69) is 10.6 Å². The molecule has 2 N–H and O–H groups in total. The van der Waals surface area contributed by atoms with E-state index in [1.807, 2.05) is 6.92 Å². The summed E-state index contributed by atoms with van der Waals surface area (Å²) >= 11 is 6.24. The van der Waals surface area contributed by atoms with Crippen LogP contribution < -0.4 is 15.4 Å². The van der Waals surface area contributed by atoms with Crippen LogP contribution in [0.5, 0.6) is 5.75 Å². The van der Waals surface area contributed by atoms with Crippen molar-refractivity contribution in [3.8, 4) is 5.75 Å². The minimum absolute atomic E-state index is 0.116. The molecule has 1 aliphatic rings. The number of urea groups is 1. The number of amides is 5. The maximum absolute atomic E-state index is 13.3. The summed E-state index contributed by atoms with van der Waals surface area (Å²) in [6.45, 7) is 5.28. The van der Waals surface area contributed by atoms with Gasteiger partial charge >= 0.3 is 6.03 Å². The molecule has 0 radical (unpaired) electrons. The van der Waals surface area contributed by atoms with Gasteiger partial charge in [-0.3, -0.25) is 14.4 Å². The molecule has 0 spiro atoms. The molecule has 1 saturated heterocycles. The van der Waals surface area contributed by atoms with Crippen molar-refractivity contribution in [1.82, 2.24) is 15.1 Å². The topological polar surface area (TPSA) is 108 Å². The fourth-order valence-corrected chi connectivity index (χ4v) is 3.94. The first-order chi connectivity index (χ1) is 16.5. The van der Waals surface area contributed by atoms with Crippen molar-refractivity contribution in [1.29, 1.82) is 0 Å². The molecular weight excluding hydrogens is 472 g/mol. The first-order valence-electron chi connectivity index (χ1n) is 11.1. The summed E-state index contributed by atoms with van der Waals surface area (Å²) in [5, 5.41) is 5.76. The molecule has 9 nitrogen and oxygen atoms in total. The Morgan fingerprint density at radius 2 is 1.80 bits per heavy atom. The highest BCUT2D eigenvalue weighted by molar-refractivity contribution is 6.33. The molecule has 1 fully saturated rings. The zero-order chi connectivity index (χ0) is 25.9. The largest absolute Gasteiger partial charge is 0.484 e. The number of carbonyl (C=O) groups excluding carboxylic acids is 4. The number of rotatable bonds is 8. The zero-order valence-electron chi connectivity index (χ0n) is 20.3. The average Bonchev–Trinajstić information content (AvgIpc) is 3.08. The smallest absolute Gasteiger partial charge is 0.325 e. The van der Waals surface area contributed by atoms with Crippen molar-refractivity contribution >= 4 is 41.0 Å². The van der Waals surface area contributed by atoms with Gasteiger partial charge in [-0.05, 0) is 48.2 Å². The lowest BCUT2D eigenvalue weighted by molar-refractivity contribution is -0.135. The molecule has 5 amide bonds. The Balaban J connectivity index is 1.75. The van der Waals surface area contributed by atoms with Crippen LogP contribution in [0.25, 0.3) is 0 Å². The number of benzene rings is 2. The molecule has 0 unspecified atom stereocenters. The van der Waals surface area contributed by atoms with Gasteiger partial charge in [0.2, 0.25) is 5.91 Å². The van der Waals surface area contributed by atoms with Gasteiger partial charge in [0.1, 0.15) is 17.8 Å². The van der Waals surface area contributed by atoms with Crippen molar-refractivity contribution in [3.63, 3.8) is 0 Å². The monoisotopic (exact) mass is 500 g/mol. The fraction of sp³-hybridized carbons (Fsp3) is 0.360. The molecule has 0 aromatic heterocycles. The lowest BCUT2D eigenvalue weighted by Gasteiger charge is -2.27. The summed E-state index contributed by atoms with van der Waals surface area (Å²) in [5.41, 5.74) is 1.87. The third-order valence-corrected chi connectivity index (χ3v) is 5.92. The number of nitrogens with one attached hydrogen (secondary N) is 2. The first kappa shape index (κ1) is 26.0. The number of ether oxygens (including phenoxy) is 1. The van der Waals surface area contributed by atoms with E-state index in [-0.39, 0.29) is 18.4 Å². The Morgan fingerprint density at radius 1 is 1.14 bits per heavy atom. The molecule has 35 heavy (non-hydrogen) atoms. The molecule has 0 aliphatic carbocycles. The van der Waals surface area contributed by atoms with Crippen molar-refractivity contribution < 1.29 is 23.9 Å². The van der Waals surface area contributed by atoms with Crippen LogP contribution in [-0.2, 0) is 14.4 Å². The number of hydrogen-bond donors (Lipinski definition) is 2. The molecule has 2 aromatic rings. The SMILES string of the molecule is Cc1ccc(NC(=O)[C@H](C(C)C)N2C(=O)N[C@H](c3ccc(OCC(=O)N(C)C)cc3)C2=O)c(Cl)c1. The summed E-state index contributed by atoms with van der Waals surface area (Å²) in [5.74, 6) is -1.13. The molecule has 186 valence electrons. The predicted molar refractivity (Wildman–Crippen MR) is 132 cm³/mol. The lowest BCUT2D eigenvalue weighted by atomic mass is 10.00. The summed E-state index contributed by atoms with van der Waals surface area (Å²) in [6.07, 6.45) is 0. The number of imide groups is 1. The van der Waals surface area contributed by atoms with E-state index in [1.165, 1.54) is 4.90 Å². The molecule has 10 heteroatoms. The molecule has 0 bridgehead atoms. The van der Waals surface area contributed by atoms with E-state index in [0.29, 0.717) is 22.0 Å². The second-order valence-corrected chi connectivity index (χ2v) is 9.31. The molecular formula is C25H29ClN4O5. The fourth-order valence-electron chi connectivity index (χ4n) is 3.66. The molecule has 2 aromatic carbocycles. The Bertz CT molecular complexity index is 1130. The van der Waals surface area contributed by atoms with Gasteiger partial charge in [0.15, 0.2) is 6.61 Å². The highest BCUT2D eigenvalue weighted by atomic mass is 35.5. The van der Waals surface area contributed by atoms with E-state index >= 15 is 0 Å². The highest BCUT2D eigenvalue weighted by Gasteiger charge is 2.46. The second kappa shape index (κ2) is 10.8. The van der Waals surface area contributed by atoms with E-state index in [4.69, 9.17) is 16.3 Å². The summed E-state index contributed by atoms with van der Waals surface area (Å²) in [6, 6.07) is 9.07. The zero-order valence-corrected chi connectivity index (χ0v) is 21.1. The normalized spacial score (nSPS) is 16.2. The minimum Gasteiger partial charge on any atom is -0.484 e. The van der Waals surface area contributed by atoms with Gasteiger partial charge in [0.25, 0.3) is 11.8 Å². The minimum atomic E-state index is -1.04. The molecule has 1 aliphatic heterocycles. The summed E-state index contributed by atoms with van der Waals surface area (Å²) in [7, 11) is 3.27. The van der Waals surface area contributed by atoms with Gasteiger partial charge in [-0.15, -0.1) is 0 Å². The third kappa shape index (κ3) is 5.92. The quantitative estimate of drug-likeness (QED) is 0.540. The van der Waals surface area contributed by atoms with E-state index in [1.54, 1.807) is 70.4 Å². The maximum Gasteiger partial charge on any atom is 0.325 e. The van der Waals surface area contributed by atoms with Gasteiger partial charge in [0, 0.05) is 14.1 Å². The van der Waals surface area contributed by atoms with Gasteiger partial charge in [-0.25, -0.2) is 9.69 Å². The average molecular weight is 501 g/mol. The van der Waals surface area contributed by atoms with Gasteiger partial charge in [-0.2, -0.15) is 0 Å². The molecule has 0 saturated carbocycles. The molecule has 2 atom stereocenters. The Hall–Kier alpha value is -3.59. The number of hydrogen-bond acceptors (Lipinski definition) is 5. The number of likely N-dealkylation sites (N-methyl/N-ethyl adjacent to an activating group) is 1. The summed E-state index contributed by atoms with van der Waals surface area (Å²) < 4.78 is 5.45. The van der Waals surface area contributed by atoms with Crippen molar-refractivity contribution in [2.24, 2.45) is 5.92 Å². The van der Waals surface area contributed by atoms with E-state index in [9.17, 15) is 19.2 Å². The van der Waals surface area contributed by atoms with Gasteiger partial charge in [0.05, 0.1) is 10.7 Å². The highest BCUT2D eigenvalue weighted by Crippen LogP contribution is 2.29. The third-order valence-electron chi connectivity index (χ3n) is 5.61. The van der Waals surface area contributed by atoms with Crippen molar-refractivity contribution in [2.45, 2.75) is 32.9 Å². The van der Waals surface area contributed by atoms with E-state index in [0.717, 1.165) is 10.5 Å². The van der Waals surface area contributed by atoms with Crippen LogP contribution in [0.4, 0.5) is 10.5 Å². The number of carbonyl (C=O) groups is 4.